The van der Waals surface area contributed by atoms with Crippen LogP contribution in [-0.4, -0.2) is 36.5 Å². The summed E-state index contributed by atoms with van der Waals surface area (Å²) >= 11 is 2.79. The summed E-state index contributed by atoms with van der Waals surface area (Å²) in [5.74, 6) is 1.89. The minimum atomic E-state index is -0.309. The fourth-order valence-electron chi connectivity index (χ4n) is 3.04. The molecule has 4 rings (SSSR count). The molecular weight excluding hydrogens is 458 g/mol. The summed E-state index contributed by atoms with van der Waals surface area (Å²) in [5, 5.41) is 9.98. The first-order valence-electron chi connectivity index (χ1n) is 10.3. The summed E-state index contributed by atoms with van der Waals surface area (Å²) in [7, 11) is 0. The van der Waals surface area contributed by atoms with E-state index in [0.29, 0.717) is 22.6 Å². The molecule has 8 nitrogen and oxygen atoms in total. The second-order valence-corrected chi connectivity index (χ2v) is 9.11. The number of benzene rings is 1. The number of furan rings is 1. The third kappa shape index (κ3) is 6.69. The lowest BCUT2D eigenvalue weighted by atomic mass is 10.2. The van der Waals surface area contributed by atoms with E-state index in [0.717, 1.165) is 28.5 Å². The number of aromatic nitrogens is 5. The largest absolute Gasteiger partial charge is 0.467 e. The van der Waals surface area contributed by atoms with Crippen LogP contribution in [0.1, 0.15) is 28.5 Å². The van der Waals surface area contributed by atoms with Crippen LogP contribution >= 0.6 is 23.5 Å². The van der Waals surface area contributed by atoms with Gasteiger partial charge >= 0.3 is 5.97 Å². The minimum absolute atomic E-state index is 0.135. The predicted octanol–water partition coefficient (Wildman–Crippen LogP) is 4.45. The normalized spacial score (nSPS) is 11.0. The Hall–Kier alpha value is -3.11. The Labute approximate surface area is 200 Å². The van der Waals surface area contributed by atoms with Crippen LogP contribution in [0.25, 0.3) is 0 Å². The van der Waals surface area contributed by atoms with Gasteiger partial charge in [-0.2, -0.15) is 0 Å². The van der Waals surface area contributed by atoms with Gasteiger partial charge in [-0.15, -0.1) is 10.2 Å². The number of hydrogen-bond acceptors (Lipinski definition) is 9. The highest BCUT2D eigenvalue weighted by atomic mass is 32.2. The second kappa shape index (κ2) is 11.2. The SMILES string of the molecule is Cc1cc(C)nc(SCc2nnc(SCC(=O)OCc3ccccc3)n2Cc2ccco2)n1. The highest BCUT2D eigenvalue weighted by Gasteiger charge is 2.17. The van der Waals surface area contributed by atoms with Crippen LogP contribution in [0.15, 0.2) is 69.5 Å². The Morgan fingerprint density at radius 3 is 2.55 bits per heavy atom. The standard InChI is InChI=1S/C23H23N5O3S2/c1-16-11-17(2)25-22(24-16)32-14-20-26-27-23(28(20)12-19-9-6-10-30-19)33-15-21(29)31-13-18-7-4-3-5-8-18/h3-11H,12-15H2,1-2H3. The van der Waals surface area contributed by atoms with Gasteiger partial charge in [0.25, 0.3) is 0 Å². The number of ether oxygens (including phenoxy) is 1. The van der Waals surface area contributed by atoms with Crippen molar-refractivity contribution >= 4 is 29.5 Å². The molecule has 170 valence electrons. The molecule has 0 N–H and O–H groups in total. The van der Waals surface area contributed by atoms with Crippen molar-refractivity contribution in [2.75, 3.05) is 5.75 Å². The maximum absolute atomic E-state index is 12.3. The van der Waals surface area contributed by atoms with E-state index in [1.54, 1.807) is 6.26 Å². The van der Waals surface area contributed by atoms with Crippen molar-refractivity contribution in [1.82, 2.24) is 24.7 Å². The van der Waals surface area contributed by atoms with E-state index in [-0.39, 0.29) is 18.3 Å². The quantitative estimate of drug-likeness (QED) is 0.185. The Morgan fingerprint density at radius 2 is 1.82 bits per heavy atom. The van der Waals surface area contributed by atoms with Crippen LogP contribution in [0.3, 0.4) is 0 Å². The molecule has 0 saturated carbocycles. The van der Waals surface area contributed by atoms with Gasteiger partial charge in [0.1, 0.15) is 18.2 Å². The van der Waals surface area contributed by atoms with Gasteiger partial charge in [0.2, 0.25) is 0 Å². The minimum Gasteiger partial charge on any atom is -0.467 e. The number of esters is 1. The molecule has 10 heteroatoms. The predicted molar refractivity (Wildman–Crippen MR) is 126 cm³/mol. The molecule has 0 unspecified atom stereocenters. The molecule has 0 aliphatic rings. The van der Waals surface area contributed by atoms with Gasteiger partial charge in [0, 0.05) is 11.4 Å². The summed E-state index contributed by atoms with van der Waals surface area (Å²) in [4.78, 5) is 21.2. The van der Waals surface area contributed by atoms with Gasteiger partial charge in [-0.25, -0.2) is 9.97 Å². The maximum atomic E-state index is 12.3. The van der Waals surface area contributed by atoms with Gasteiger partial charge in [0.05, 0.1) is 24.3 Å². The van der Waals surface area contributed by atoms with E-state index >= 15 is 0 Å². The molecule has 0 amide bonds. The van der Waals surface area contributed by atoms with Crippen molar-refractivity contribution in [2.24, 2.45) is 0 Å². The lowest BCUT2D eigenvalue weighted by Gasteiger charge is -2.09. The second-order valence-electron chi connectivity index (χ2n) is 7.22. The summed E-state index contributed by atoms with van der Waals surface area (Å²) < 4.78 is 12.8. The lowest BCUT2D eigenvalue weighted by molar-refractivity contribution is -0.141. The number of thioether (sulfide) groups is 2. The Kier molecular flexibility index (Phi) is 7.79. The zero-order valence-electron chi connectivity index (χ0n) is 18.3. The molecule has 0 spiro atoms. The van der Waals surface area contributed by atoms with Crippen molar-refractivity contribution < 1.29 is 13.9 Å². The maximum Gasteiger partial charge on any atom is 0.316 e. The molecule has 1 aromatic carbocycles. The van der Waals surface area contributed by atoms with Gasteiger partial charge in [0.15, 0.2) is 10.3 Å². The zero-order chi connectivity index (χ0) is 23.0. The van der Waals surface area contributed by atoms with E-state index in [2.05, 4.69) is 20.2 Å². The third-order valence-electron chi connectivity index (χ3n) is 4.54. The van der Waals surface area contributed by atoms with Crippen molar-refractivity contribution in [3.05, 3.63) is 83.3 Å². The fraction of sp³-hybridized carbons (Fsp3) is 0.261. The average molecular weight is 482 g/mol. The first-order valence-corrected chi connectivity index (χ1v) is 12.3. The third-order valence-corrected chi connectivity index (χ3v) is 6.32. The number of carbonyl (C=O) groups excluding carboxylic acids is 1. The van der Waals surface area contributed by atoms with Gasteiger partial charge in [-0.05, 0) is 37.6 Å². The van der Waals surface area contributed by atoms with Gasteiger partial charge in [-0.1, -0.05) is 53.9 Å². The van der Waals surface area contributed by atoms with Gasteiger partial charge < -0.3 is 9.15 Å². The van der Waals surface area contributed by atoms with Crippen LogP contribution < -0.4 is 0 Å². The number of aryl methyl sites for hydroxylation is 2. The number of carbonyl (C=O) groups is 1. The summed E-state index contributed by atoms with van der Waals surface area (Å²) in [6, 6.07) is 15.3. The van der Waals surface area contributed by atoms with Crippen molar-refractivity contribution in [1.29, 1.82) is 0 Å². The van der Waals surface area contributed by atoms with E-state index in [1.807, 2.05) is 66.9 Å². The molecular formula is C23H23N5O3S2. The number of hydrogen-bond donors (Lipinski definition) is 0. The van der Waals surface area contributed by atoms with Crippen LogP contribution in [0.5, 0.6) is 0 Å². The fourth-order valence-corrected chi connectivity index (χ4v) is 4.68. The topological polar surface area (TPSA) is 95.9 Å². The first kappa shape index (κ1) is 23.1. The van der Waals surface area contributed by atoms with Crippen molar-refractivity contribution in [3.8, 4) is 0 Å². The van der Waals surface area contributed by atoms with Crippen LogP contribution in [0.4, 0.5) is 0 Å². The molecule has 4 aromatic rings. The molecule has 0 fully saturated rings. The molecule has 0 aliphatic carbocycles. The molecule has 33 heavy (non-hydrogen) atoms. The van der Waals surface area contributed by atoms with Crippen molar-refractivity contribution in [2.45, 2.75) is 43.1 Å². The molecule has 0 aliphatic heterocycles. The number of nitrogens with zero attached hydrogens (tertiary/aromatic N) is 5. The van der Waals surface area contributed by atoms with Crippen LogP contribution in [0, 0.1) is 13.8 Å². The first-order chi connectivity index (χ1) is 16.1. The van der Waals surface area contributed by atoms with Gasteiger partial charge in [-0.3, -0.25) is 9.36 Å². The van der Waals surface area contributed by atoms with E-state index in [1.165, 1.54) is 23.5 Å². The summed E-state index contributed by atoms with van der Waals surface area (Å²) in [6.07, 6.45) is 1.63. The van der Waals surface area contributed by atoms with Crippen LogP contribution in [0.2, 0.25) is 0 Å². The Balaban J connectivity index is 1.42. The summed E-state index contributed by atoms with van der Waals surface area (Å²) in [5.41, 5.74) is 2.80. The molecule has 3 aromatic heterocycles. The van der Waals surface area contributed by atoms with Crippen LogP contribution in [-0.2, 0) is 28.4 Å². The van der Waals surface area contributed by atoms with E-state index < -0.39 is 0 Å². The Bertz CT molecular complexity index is 1180. The smallest absolute Gasteiger partial charge is 0.316 e. The lowest BCUT2D eigenvalue weighted by Crippen LogP contribution is -2.10. The highest BCUT2D eigenvalue weighted by molar-refractivity contribution is 7.99. The molecule has 3 heterocycles. The number of rotatable bonds is 10. The molecule has 0 atom stereocenters. The zero-order valence-corrected chi connectivity index (χ0v) is 19.9. The van der Waals surface area contributed by atoms with E-state index in [9.17, 15) is 4.79 Å². The molecule has 0 radical (unpaired) electrons. The highest BCUT2D eigenvalue weighted by Crippen LogP contribution is 2.24. The van der Waals surface area contributed by atoms with Crippen molar-refractivity contribution in [3.63, 3.8) is 0 Å². The molecule has 0 bridgehead atoms. The Morgan fingerprint density at radius 1 is 1.03 bits per heavy atom. The average Bonchev–Trinajstić information content (AvgIpc) is 3.45. The monoisotopic (exact) mass is 481 g/mol. The molecule has 0 saturated heterocycles. The summed E-state index contributed by atoms with van der Waals surface area (Å²) in [6.45, 7) is 4.61. The van der Waals surface area contributed by atoms with E-state index in [4.69, 9.17) is 9.15 Å².